The Hall–Kier alpha value is -4.04. The Morgan fingerprint density at radius 3 is 2.36 bits per heavy atom. The van der Waals surface area contributed by atoms with Crippen molar-refractivity contribution in [2.45, 2.75) is 0 Å². The van der Waals surface area contributed by atoms with Crippen LogP contribution in [0.2, 0.25) is 0 Å². The summed E-state index contributed by atoms with van der Waals surface area (Å²) >= 11 is 0. The average molecular weight is 444 g/mol. The number of carbonyl (C=O) groups excluding carboxylic acids is 1. The number of nitrogens with zero attached hydrogens (tertiary/aromatic N) is 3. The first kappa shape index (κ1) is 20.8. The molecule has 0 spiro atoms. The number of carbonyl (C=O) groups is 1. The van der Waals surface area contributed by atoms with Crippen LogP contribution in [0.1, 0.15) is 10.5 Å². The standard InChI is InChI=1S/C25H21FN4O3/c26-21-16-17(10-11-22(21)29-12-14-33-15-13-29)27-24(31)23-19-8-4-5-9-20(19)25(32)30(28-23)18-6-2-1-3-7-18/h1-11,16H,12-15H2,(H,27,31). The van der Waals surface area contributed by atoms with Gasteiger partial charge >= 0.3 is 0 Å². The van der Waals surface area contributed by atoms with Crippen LogP contribution in [-0.4, -0.2) is 42.0 Å². The number of hydrogen-bond donors (Lipinski definition) is 1. The molecule has 1 aromatic heterocycles. The molecular formula is C25H21FN4O3. The average Bonchev–Trinajstić information content (AvgIpc) is 2.85. The molecule has 1 N–H and O–H groups in total. The third kappa shape index (κ3) is 4.08. The lowest BCUT2D eigenvalue weighted by Crippen LogP contribution is -2.36. The molecule has 33 heavy (non-hydrogen) atoms. The van der Waals surface area contributed by atoms with E-state index in [9.17, 15) is 14.0 Å². The second kappa shape index (κ2) is 8.84. The summed E-state index contributed by atoms with van der Waals surface area (Å²) in [6.07, 6.45) is 0. The van der Waals surface area contributed by atoms with Gasteiger partial charge in [-0.3, -0.25) is 9.59 Å². The van der Waals surface area contributed by atoms with Gasteiger partial charge in [0.25, 0.3) is 11.5 Å². The van der Waals surface area contributed by atoms with Gasteiger partial charge in [0.2, 0.25) is 0 Å². The van der Waals surface area contributed by atoms with E-state index in [0.717, 1.165) is 0 Å². The second-order valence-corrected chi connectivity index (χ2v) is 7.67. The molecule has 7 nitrogen and oxygen atoms in total. The molecule has 1 fully saturated rings. The molecular weight excluding hydrogens is 423 g/mol. The van der Waals surface area contributed by atoms with Crippen molar-refractivity contribution in [2.75, 3.05) is 36.5 Å². The number of para-hydroxylation sites is 1. The van der Waals surface area contributed by atoms with E-state index in [2.05, 4.69) is 10.4 Å². The molecule has 8 heteroatoms. The molecule has 0 radical (unpaired) electrons. The van der Waals surface area contributed by atoms with Crippen LogP contribution in [0.5, 0.6) is 0 Å². The number of benzene rings is 3. The largest absolute Gasteiger partial charge is 0.378 e. The monoisotopic (exact) mass is 444 g/mol. The van der Waals surface area contributed by atoms with Crippen molar-refractivity contribution in [3.05, 3.63) is 94.7 Å². The van der Waals surface area contributed by atoms with Gasteiger partial charge in [0, 0.05) is 24.2 Å². The SMILES string of the molecule is O=C(Nc1ccc(N2CCOCC2)c(F)c1)c1nn(-c2ccccc2)c(=O)c2ccccc12. The Balaban J connectivity index is 1.50. The third-order valence-electron chi connectivity index (χ3n) is 5.58. The topological polar surface area (TPSA) is 76.5 Å². The number of nitrogens with one attached hydrogen (secondary N) is 1. The molecule has 0 unspecified atom stereocenters. The number of halogens is 1. The highest BCUT2D eigenvalue weighted by Crippen LogP contribution is 2.24. The Bertz CT molecular complexity index is 1380. The summed E-state index contributed by atoms with van der Waals surface area (Å²) in [7, 11) is 0. The fourth-order valence-corrected chi connectivity index (χ4v) is 3.94. The lowest BCUT2D eigenvalue weighted by atomic mass is 10.1. The smallest absolute Gasteiger partial charge is 0.279 e. The fraction of sp³-hybridized carbons (Fsp3) is 0.160. The molecule has 0 bridgehead atoms. The van der Waals surface area contributed by atoms with Crippen LogP contribution in [0.3, 0.4) is 0 Å². The minimum Gasteiger partial charge on any atom is -0.378 e. The zero-order chi connectivity index (χ0) is 22.8. The van der Waals surface area contributed by atoms with E-state index in [0.29, 0.717) is 54.1 Å². The molecule has 1 aliphatic heterocycles. The number of anilines is 2. The van der Waals surface area contributed by atoms with Crippen molar-refractivity contribution in [1.29, 1.82) is 0 Å². The Morgan fingerprint density at radius 2 is 1.64 bits per heavy atom. The molecule has 0 aliphatic carbocycles. The van der Waals surface area contributed by atoms with E-state index in [-0.39, 0.29) is 11.3 Å². The van der Waals surface area contributed by atoms with Gasteiger partial charge in [0.05, 0.1) is 30.0 Å². The second-order valence-electron chi connectivity index (χ2n) is 7.67. The first-order valence-electron chi connectivity index (χ1n) is 10.6. The molecule has 0 atom stereocenters. The van der Waals surface area contributed by atoms with Crippen LogP contribution in [0.4, 0.5) is 15.8 Å². The normalized spacial score (nSPS) is 13.8. The van der Waals surface area contributed by atoms with E-state index in [1.807, 2.05) is 11.0 Å². The predicted molar refractivity (Wildman–Crippen MR) is 125 cm³/mol. The molecule has 1 saturated heterocycles. The maximum absolute atomic E-state index is 14.8. The fourth-order valence-electron chi connectivity index (χ4n) is 3.94. The predicted octanol–water partition coefficient (Wildman–Crippen LogP) is 3.61. The van der Waals surface area contributed by atoms with Crippen molar-refractivity contribution < 1.29 is 13.9 Å². The van der Waals surface area contributed by atoms with Crippen LogP contribution in [0.15, 0.2) is 77.6 Å². The lowest BCUT2D eigenvalue weighted by Gasteiger charge is -2.29. The molecule has 0 saturated carbocycles. The number of amides is 1. The molecule has 3 aromatic carbocycles. The van der Waals surface area contributed by atoms with Gasteiger partial charge in [-0.1, -0.05) is 36.4 Å². The molecule has 2 heterocycles. The quantitative estimate of drug-likeness (QED) is 0.520. The van der Waals surface area contributed by atoms with Gasteiger partial charge in [-0.25, -0.2) is 4.39 Å². The summed E-state index contributed by atoms with van der Waals surface area (Å²) in [5.41, 5.74) is 1.07. The number of morpholine rings is 1. The summed E-state index contributed by atoms with van der Waals surface area (Å²) in [6.45, 7) is 2.32. The van der Waals surface area contributed by atoms with E-state index in [4.69, 9.17) is 4.74 Å². The van der Waals surface area contributed by atoms with E-state index < -0.39 is 11.7 Å². The lowest BCUT2D eigenvalue weighted by molar-refractivity contribution is 0.102. The zero-order valence-corrected chi connectivity index (χ0v) is 17.7. The van der Waals surface area contributed by atoms with Gasteiger partial charge in [-0.2, -0.15) is 9.78 Å². The van der Waals surface area contributed by atoms with Crippen molar-refractivity contribution >= 4 is 28.1 Å². The van der Waals surface area contributed by atoms with Crippen LogP contribution < -0.4 is 15.8 Å². The Morgan fingerprint density at radius 1 is 0.939 bits per heavy atom. The molecule has 1 amide bonds. The molecule has 166 valence electrons. The summed E-state index contributed by atoms with van der Waals surface area (Å²) in [6, 6.07) is 20.3. The van der Waals surface area contributed by atoms with E-state index in [1.165, 1.54) is 10.7 Å². The molecule has 5 rings (SSSR count). The van der Waals surface area contributed by atoms with Gasteiger partial charge in [0.15, 0.2) is 5.69 Å². The van der Waals surface area contributed by atoms with E-state index in [1.54, 1.807) is 60.7 Å². The third-order valence-corrected chi connectivity index (χ3v) is 5.58. The number of rotatable bonds is 4. The van der Waals surface area contributed by atoms with Gasteiger partial charge in [0.1, 0.15) is 5.82 Å². The maximum atomic E-state index is 14.8. The highest BCUT2D eigenvalue weighted by molar-refractivity contribution is 6.11. The summed E-state index contributed by atoms with van der Waals surface area (Å²) in [4.78, 5) is 28.1. The maximum Gasteiger partial charge on any atom is 0.279 e. The first-order valence-corrected chi connectivity index (χ1v) is 10.6. The highest BCUT2D eigenvalue weighted by Gasteiger charge is 2.19. The first-order chi connectivity index (χ1) is 16.1. The molecule has 1 aliphatic rings. The highest BCUT2D eigenvalue weighted by atomic mass is 19.1. The zero-order valence-electron chi connectivity index (χ0n) is 17.7. The Labute approximate surface area is 189 Å². The Kier molecular flexibility index (Phi) is 5.58. The van der Waals surface area contributed by atoms with Crippen LogP contribution in [0, 0.1) is 5.82 Å². The van der Waals surface area contributed by atoms with Gasteiger partial charge < -0.3 is 15.0 Å². The minimum absolute atomic E-state index is 0.0757. The van der Waals surface area contributed by atoms with E-state index >= 15 is 0 Å². The van der Waals surface area contributed by atoms with Crippen molar-refractivity contribution in [3.8, 4) is 5.69 Å². The number of hydrogen-bond acceptors (Lipinski definition) is 5. The van der Waals surface area contributed by atoms with Crippen molar-refractivity contribution in [1.82, 2.24) is 9.78 Å². The summed E-state index contributed by atoms with van der Waals surface area (Å²) in [5.74, 6) is -0.962. The van der Waals surface area contributed by atoms with Gasteiger partial charge in [-0.05, 0) is 36.4 Å². The molecule has 4 aromatic rings. The van der Waals surface area contributed by atoms with Crippen LogP contribution >= 0.6 is 0 Å². The van der Waals surface area contributed by atoms with Crippen molar-refractivity contribution in [3.63, 3.8) is 0 Å². The number of fused-ring (bicyclic) bond motifs is 1. The number of ether oxygens (including phenoxy) is 1. The minimum atomic E-state index is -0.533. The summed E-state index contributed by atoms with van der Waals surface area (Å²) < 4.78 is 21.3. The van der Waals surface area contributed by atoms with Crippen molar-refractivity contribution in [2.24, 2.45) is 0 Å². The van der Waals surface area contributed by atoms with Gasteiger partial charge in [-0.15, -0.1) is 0 Å². The summed E-state index contributed by atoms with van der Waals surface area (Å²) in [5, 5.41) is 7.87. The van der Waals surface area contributed by atoms with Crippen LogP contribution in [-0.2, 0) is 4.74 Å². The number of aromatic nitrogens is 2. The van der Waals surface area contributed by atoms with Crippen LogP contribution in [0.25, 0.3) is 16.5 Å².